The molecule has 1 heterocycles. The van der Waals surface area contributed by atoms with Crippen LogP contribution in [0.25, 0.3) is 0 Å². The lowest BCUT2D eigenvalue weighted by Gasteiger charge is -2.08. The minimum Gasteiger partial charge on any atom is -0.396 e. The van der Waals surface area contributed by atoms with Crippen molar-refractivity contribution in [2.75, 3.05) is 6.61 Å². The molecule has 1 aliphatic heterocycles. The van der Waals surface area contributed by atoms with Crippen LogP contribution in [-0.4, -0.2) is 23.7 Å². The Morgan fingerprint density at radius 1 is 1.18 bits per heavy atom. The van der Waals surface area contributed by atoms with Crippen molar-refractivity contribution in [1.29, 1.82) is 0 Å². The van der Waals surface area contributed by atoms with Gasteiger partial charge in [0.15, 0.2) is 0 Å². The molecule has 1 aliphatic rings. The maximum Gasteiger partial charge on any atom is 0.251 e. The molecule has 0 saturated carbocycles. The van der Waals surface area contributed by atoms with Gasteiger partial charge in [0.05, 0.1) is 6.04 Å². The number of rotatable bonds is 2. The van der Waals surface area contributed by atoms with Crippen molar-refractivity contribution >= 4 is 5.91 Å². The summed E-state index contributed by atoms with van der Waals surface area (Å²) in [7, 11) is 0. The summed E-state index contributed by atoms with van der Waals surface area (Å²) in [4.78, 5) is 11.4. The lowest BCUT2D eigenvalue weighted by molar-refractivity contribution is -0.116. The molecule has 2 N–H and O–H groups in total. The monoisotopic (exact) mass is 241 g/mol. The summed E-state index contributed by atoms with van der Waals surface area (Å²) in [6.45, 7) is 11.8. The van der Waals surface area contributed by atoms with Crippen molar-refractivity contribution in [3.63, 3.8) is 0 Å². The van der Waals surface area contributed by atoms with Crippen LogP contribution < -0.4 is 5.32 Å². The van der Waals surface area contributed by atoms with Crippen LogP contribution in [0.3, 0.4) is 0 Å². The quantitative estimate of drug-likeness (QED) is 0.730. The van der Waals surface area contributed by atoms with Gasteiger partial charge in [-0.2, -0.15) is 0 Å². The van der Waals surface area contributed by atoms with E-state index in [-0.39, 0.29) is 18.6 Å². The van der Waals surface area contributed by atoms with Crippen LogP contribution in [0.4, 0.5) is 0 Å². The summed E-state index contributed by atoms with van der Waals surface area (Å²) in [6, 6.07) is -0.00583. The fourth-order valence-corrected chi connectivity index (χ4v) is 1.64. The highest BCUT2D eigenvalue weighted by Crippen LogP contribution is 2.23. The first-order chi connectivity index (χ1) is 8.24. The lowest BCUT2D eigenvalue weighted by Crippen LogP contribution is -2.26. The minimum absolute atomic E-state index is 0.00583. The summed E-state index contributed by atoms with van der Waals surface area (Å²) in [5, 5.41) is 11.6. The predicted octanol–water partition coefficient (Wildman–Crippen LogP) is 2.81. The van der Waals surface area contributed by atoms with Gasteiger partial charge in [0, 0.05) is 12.2 Å². The van der Waals surface area contributed by atoms with Crippen LogP contribution >= 0.6 is 0 Å². The SMILES string of the molecule is C/C=C1/C(=O)NC(CCO)/C1=C/C.CC.CC. The molecule has 0 bridgehead atoms. The van der Waals surface area contributed by atoms with Crippen molar-refractivity contribution in [3.8, 4) is 0 Å². The van der Waals surface area contributed by atoms with Crippen molar-refractivity contribution in [1.82, 2.24) is 5.32 Å². The number of aliphatic hydroxyl groups excluding tert-OH is 1. The maximum atomic E-state index is 11.4. The highest BCUT2D eigenvalue weighted by molar-refractivity contribution is 6.01. The molecule has 0 radical (unpaired) electrons. The van der Waals surface area contributed by atoms with Crippen molar-refractivity contribution in [2.24, 2.45) is 0 Å². The number of carbonyl (C=O) groups is 1. The number of carbonyl (C=O) groups excluding carboxylic acids is 1. The van der Waals surface area contributed by atoms with E-state index in [2.05, 4.69) is 5.32 Å². The molecule has 0 aromatic carbocycles. The van der Waals surface area contributed by atoms with E-state index < -0.39 is 0 Å². The van der Waals surface area contributed by atoms with E-state index in [1.165, 1.54) is 0 Å². The third-order valence-corrected chi connectivity index (χ3v) is 2.25. The van der Waals surface area contributed by atoms with Gasteiger partial charge in [-0.1, -0.05) is 39.8 Å². The Kier molecular flexibility index (Phi) is 12.3. The molecule has 1 saturated heterocycles. The molecule has 17 heavy (non-hydrogen) atoms. The van der Waals surface area contributed by atoms with Gasteiger partial charge >= 0.3 is 0 Å². The van der Waals surface area contributed by atoms with Crippen LogP contribution in [0.5, 0.6) is 0 Å². The highest BCUT2D eigenvalue weighted by Gasteiger charge is 2.29. The number of allylic oxidation sites excluding steroid dienone is 2. The molecule has 0 aliphatic carbocycles. The first-order valence-electron chi connectivity index (χ1n) is 6.49. The predicted molar refractivity (Wildman–Crippen MR) is 73.8 cm³/mol. The van der Waals surface area contributed by atoms with Gasteiger partial charge in [-0.05, 0) is 25.8 Å². The van der Waals surface area contributed by atoms with E-state index in [0.717, 1.165) is 11.1 Å². The van der Waals surface area contributed by atoms with E-state index in [0.29, 0.717) is 6.42 Å². The molecule has 0 aromatic rings. The number of hydrogen-bond donors (Lipinski definition) is 2. The van der Waals surface area contributed by atoms with E-state index in [4.69, 9.17) is 5.11 Å². The fourth-order valence-electron chi connectivity index (χ4n) is 1.64. The third kappa shape index (κ3) is 5.18. The Balaban J connectivity index is 0. The molecule has 0 spiro atoms. The van der Waals surface area contributed by atoms with E-state index in [9.17, 15) is 4.79 Å². The van der Waals surface area contributed by atoms with Crippen LogP contribution in [0.1, 0.15) is 48.0 Å². The Hall–Kier alpha value is -1.09. The van der Waals surface area contributed by atoms with Gasteiger partial charge < -0.3 is 10.4 Å². The van der Waals surface area contributed by atoms with Gasteiger partial charge in [0.1, 0.15) is 0 Å². The molecular weight excluding hydrogens is 214 g/mol. The molecule has 3 heteroatoms. The molecule has 0 aromatic heterocycles. The van der Waals surface area contributed by atoms with Crippen LogP contribution in [0.2, 0.25) is 0 Å². The summed E-state index contributed by atoms with van der Waals surface area (Å²) in [6.07, 6.45) is 4.32. The molecule has 1 unspecified atom stereocenters. The molecule has 1 atom stereocenters. The average Bonchev–Trinajstić information content (AvgIpc) is 2.69. The lowest BCUT2D eigenvalue weighted by atomic mass is 10.0. The van der Waals surface area contributed by atoms with Crippen molar-refractivity contribution in [2.45, 2.75) is 54.0 Å². The summed E-state index contributed by atoms with van der Waals surface area (Å²) in [5.74, 6) is -0.0333. The Labute approximate surface area is 106 Å². The molecule has 100 valence electrons. The fraction of sp³-hybridized carbons (Fsp3) is 0.643. The van der Waals surface area contributed by atoms with Gasteiger partial charge in [0.25, 0.3) is 5.91 Å². The number of amides is 1. The number of aliphatic hydroxyl groups is 1. The minimum atomic E-state index is -0.0333. The van der Waals surface area contributed by atoms with E-state index in [1.807, 2.05) is 53.7 Å². The first kappa shape index (κ1) is 18.3. The Bertz CT molecular complexity index is 267. The first-order valence-corrected chi connectivity index (χ1v) is 6.49. The van der Waals surface area contributed by atoms with Crippen LogP contribution in [0.15, 0.2) is 23.3 Å². The molecule has 1 fully saturated rings. The van der Waals surface area contributed by atoms with E-state index >= 15 is 0 Å². The topological polar surface area (TPSA) is 49.3 Å². The maximum absolute atomic E-state index is 11.4. The van der Waals surface area contributed by atoms with Crippen molar-refractivity contribution < 1.29 is 9.90 Å². The summed E-state index contributed by atoms with van der Waals surface area (Å²) < 4.78 is 0. The largest absolute Gasteiger partial charge is 0.396 e. The molecule has 3 nitrogen and oxygen atoms in total. The van der Waals surface area contributed by atoms with E-state index in [1.54, 1.807) is 0 Å². The zero-order valence-electron chi connectivity index (χ0n) is 12.0. The van der Waals surface area contributed by atoms with Crippen molar-refractivity contribution in [3.05, 3.63) is 23.3 Å². The smallest absolute Gasteiger partial charge is 0.251 e. The standard InChI is InChI=1S/C10H15NO2.2C2H6/c1-3-7-8(4-2)10(13)11-9(7)5-6-12;2*1-2/h3-4,9,12H,5-6H2,1-2H3,(H,11,13);2*1-2H3/b7-3+,8-4+;;. The highest BCUT2D eigenvalue weighted by atomic mass is 16.3. The second-order valence-electron chi connectivity index (χ2n) is 2.98. The van der Waals surface area contributed by atoms with Crippen LogP contribution in [0, 0.1) is 0 Å². The second-order valence-corrected chi connectivity index (χ2v) is 2.98. The summed E-state index contributed by atoms with van der Waals surface area (Å²) in [5.41, 5.74) is 1.74. The Morgan fingerprint density at radius 3 is 2.06 bits per heavy atom. The van der Waals surface area contributed by atoms with Gasteiger partial charge in [-0.3, -0.25) is 4.79 Å². The third-order valence-electron chi connectivity index (χ3n) is 2.25. The zero-order chi connectivity index (χ0) is 13.8. The summed E-state index contributed by atoms with van der Waals surface area (Å²) >= 11 is 0. The van der Waals surface area contributed by atoms with Gasteiger partial charge in [0.2, 0.25) is 0 Å². The van der Waals surface area contributed by atoms with Gasteiger partial charge in [-0.25, -0.2) is 0 Å². The Morgan fingerprint density at radius 2 is 1.71 bits per heavy atom. The molecular formula is C14H27NO2. The van der Waals surface area contributed by atoms with Gasteiger partial charge in [-0.15, -0.1) is 0 Å². The second kappa shape index (κ2) is 11.4. The number of nitrogens with one attached hydrogen (secondary N) is 1. The normalized spacial score (nSPS) is 22.5. The molecule has 1 rings (SSSR count). The zero-order valence-corrected chi connectivity index (χ0v) is 12.0. The average molecular weight is 241 g/mol. The molecule has 1 amide bonds. The van der Waals surface area contributed by atoms with Crippen LogP contribution in [-0.2, 0) is 4.79 Å². The number of hydrogen-bond acceptors (Lipinski definition) is 2.